The third-order valence-electron chi connectivity index (χ3n) is 19.2. The Bertz CT molecular complexity index is 2920. The third kappa shape index (κ3) is 13.9. The first kappa shape index (κ1) is 62.3. The quantitative estimate of drug-likeness (QED) is 0.0278. The number of aliphatic hydroxyl groups is 6. The van der Waals surface area contributed by atoms with E-state index in [1.165, 1.54) is 12.8 Å². The zero-order chi connectivity index (χ0) is 59.1. The third-order valence-corrected chi connectivity index (χ3v) is 19.2. The van der Waals surface area contributed by atoms with Gasteiger partial charge < -0.3 is 58.3 Å². The van der Waals surface area contributed by atoms with Crippen molar-refractivity contribution < 1.29 is 45.3 Å². The van der Waals surface area contributed by atoms with Crippen LogP contribution in [0.5, 0.6) is 5.75 Å². The number of phenolic OH excluding ortho intramolecular Hbond substituents is 1. The summed E-state index contributed by atoms with van der Waals surface area (Å²) in [6.45, 7) is 12.2. The average molecular weight is 1130 g/mol. The summed E-state index contributed by atoms with van der Waals surface area (Å²) in [6, 6.07) is 19.0. The van der Waals surface area contributed by atoms with Crippen molar-refractivity contribution >= 4 is 17.6 Å². The molecule has 16 nitrogen and oxygen atoms in total. The van der Waals surface area contributed by atoms with Gasteiger partial charge in [0.25, 0.3) is 0 Å². The maximum atomic E-state index is 15.1. The highest BCUT2D eigenvalue weighted by Crippen LogP contribution is 2.63. The largest absolute Gasteiger partial charge is 0.508 e. The van der Waals surface area contributed by atoms with Crippen molar-refractivity contribution in [2.24, 2.45) is 51.3 Å². The fraction of sp³-hybridized carbons (Fsp3) is 0.530. The van der Waals surface area contributed by atoms with Gasteiger partial charge in [0.15, 0.2) is 11.7 Å². The molecule has 12 atom stereocenters. The maximum absolute atomic E-state index is 15.1. The fourth-order valence-electron chi connectivity index (χ4n) is 14.5. The minimum Gasteiger partial charge on any atom is -0.508 e. The minimum absolute atomic E-state index is 0.0663. The molecule has 2 heterocycles. The van der Waals surface area contributed by atoms with E-state index < -0.39 is 76.8 Å². The van der Waals surface area contributed by atoms with E-state index >= 15 is 4.79 Å². The van der Waals surface area contributed by atoms with Gasteiger partial charge in [0.2, 0.25) is 5.91 Å². The summed E-state index contributed by atoms with van der Waals surface area (Å²) in [5, 5.41) is 93.4. The first-order valence-corrected chi connectivity index (χ1v) is 29.7. The number of nitrogens with zero attached hydrogens (tertiary/aromatic N) is 1. The molecule has 3 saturated carbocycles. The molecule has 0 aromatic heterocycles. The Balaban J connectivity index is 1.17. The van der Waals surface area contributed by atoms with Gasteiger partial charge in [-0.2, -0.15) is 0 Å². The smallest absolute Gasteiger partial charge is 0.243 e. The zero-order valence-corrected chi connectivity index (χ0v) is 48.5. The Hall–Kier alpha value is -5.79. The predicted molar refractivity (Wildman–Crippen MR) is 321 cm³/mol. The molecule has 1 amide bonds. The highest BCUT2D eigenvalue weighted by Gasteiger charge is 2.64. The monoisotopic (exact) mass is 1130 g/mol. The van der Waals surface area contributed by atoms with Gasteiger partial charge in [-0.25, -0.2) is 0 Å². The van der Waals surface area contributed by atoms with Gasteiger partial charge in [0.1, 0.15) is 23.7 Å². The molecule has 0 saturated heterocycles. The Morgan fingerprint density at radius 3 is 2.37 bits per heavy atom. The molecule has 3 aromatic rings. The highest BCUT2D eigenvalue weighted by atomic mass is 16.3. The van der Waals surface area contributed by atoms with Crippen LogP contribution in [0.15, 0.2) is 130 Å². The van der Waals surface area contributed by atoms with Crippen molar-refractivity contribution in [1.82, 2.24) is 16.0 Å². The lowest BCUT2D eigenvalue weighted by molar-refractivity contribution is -0.168. The molecule has 8 rings (SSSR count). The minimum atomic E-state index is -1.43. The van der Waals surface area contributed by atoms with Crippen LogP contribution in [0.3, 0.4) is 0 Å². The summed E-state index contributed by atoms with van der Waals surface area (Å²) in [7, 11) is 0. The molecule has 1 spiro atoms. The van der Waals surface area contributed by atoms with Crippen LogP contribution in [0.4, 0.5) is 0 Å². The van der Waals surface area contributed by atoms with Crippen molar-refractivity contribution in [3.8, 4) is 5.75 Å². The summed E-state index contributed by atoms with van der Waals surface area (Å²) in [4.78, 5) is 33.7. The number of fused-ring (bicyclic) bond motifs is 4. The summed E-state index contributed by atoms with van der Waals surface area (Å²) >= 11 is 0. The number of ketones is 1. The van der Waals surface area contributed by atoms with Crippen LogP contribution < -0.4 is 33.2 Å². The predicted octanol–water partition coefficient (Wildman–Crippen LogP) is 6.29. The number of β-amino-alcohol motifs (C(OH)–C–C–N with tert-alkyl or cyclic N) is 1. The van der Waals surface area contributed by atoms with Gasteiger partial charge in [0.05, 0.1) is 30.5 Å². The average Bonchev–Trinajstić information content (AvgIpc) is 3.95. The number of amides is 1. The van der Waals surface area contributed by atoms with E-state index in [-0.39, 0.29) is 62.9 Å². The van der Waals surface area contributed by atoms with Gasteiger partial charge in [-0.3, -0.25) is 25.2 Å². The van der Waals surface area contributed by atoms with Crippen molar-refractivity contribution in [3.05, 3.63) is 159 Å². The van der Waals surface area contributed by atoms with Crippen LogP contribution in [0.1, 0.15) is 150 Å². The van der Waals surface area contributed by atoms with E-state index in [1.54, 1.807) is 56.3 Å². The number of carbonyl (C=O) groups excluding carboxylic acids is 2. The number of aliphatic hydroxyl groups excluding tert-OH is 4. The second-order valence-corrected chi connectivity index (χ2v) is 24.8. The molecule has 444 valence electrons. The van der Waals surface area contributed by atoms with E-state index in [0.29, 0.717) is 84.4 Å². The Morgan fingerprint density at radius 2 is 1.67 bits per heavy atom. The number of allylic oxidation sites excluding steroid dienone is 5. The molecule has 0 radical (unpaired) electrons. The van der Waals surface area contributed by atoms with Crippen molar-refractivity contribution in [3.63, 3.8) is 0 Å². The van der Waals surface area contributed by atoms with Crippen LogP contribution in [0, 0.1) is 29.1 Å². The van der Waals surface area contributed by atoms with Crippen LogP contribution >= 0.6 is 0 Å². The van der Waals surface area contributed by atoms with Crippen molar-refractivity contribution in [2.45, 2.75) is 165 Å². The number of nitrogens with one attached hydrogen (secondary N) is 3. The number of benzene rings is 3. The molecule has 12 unspecified atom stereocenters. The van der Waals surface area contributed by atoms with E-state index in [9.17, 15) is 40.5 Å². The molecule has 16 heteroatoms. The zero-order valence-electron chi connectivity index (χ0n) is 48.5. The van der Waals surface area contributed by atoms with Crippen LogP contribution in [-0.4, -0.2) is 109 Å². The van der Waals surface area contributed by atoms with E-state index in [2.05, 4.69) is 27.5 Å². The summed E-state index contributed by atoms with van der Waals surface area (Å²) in [5.41, 5.74) is 22.0. The van der Waals surface area contributed by atoms with Crippen LogP contribution in [0.25, 0.3) is 0 Å². The van der Waals surface area contributed by atoms with Gasteiger partial charge in [-0.1, -0.05) is 109 Å². The SMILES string of the molecule is C=C(C=CC=C(CO)C1CCC2(C3CCC(O)Cc4cccc(c4)CC(C(CN=C(N)N)c4ccc(O)cc4)C(O)CNC4C(=O)NC(N)c5cccc(c54)CC(=O)C(C)=C3CCC2(C)O)C1O)C(O)(CC=C(C)C)NCC1CCCC1. The lowest BCUT2D eigenvalue weighted by atomic mass is 9.52. The molecule has 3 aromatic carbocycles. The second-order valence-electron chi connectivity index (χ2n) is 24.8. The molecule has 5 aliphatic rings. The summed E-state index contributed by atoms with van der Waals surface area (Å²) in [5.74, 6) is -2.40. The molecule has 16 N–H and O–H groups in total. The number of Topliss-reactive ketones (excluding diaryl/α,β-unsaturated/α-hetero) is 1. The number of rotatable bonds is 14. The molecular formula is C66H91N7O9. The van der Waals surface area contributed by atoms with Crippen molar-refractivity contribution in [1.29, 1.82) is 0 Å². The van der Waals surface area contributed by atoms with Crippen LogP contribution in [0.2, 0.25) is 0 Å². The number of nitrogens with two attached hydrogens (primary N) is 3. The number of aliphatic imine (C=N–C) groups is 1. The molecule has 3 fully saturated rings. The maximum Gasteiger partial charge on any atom is 0.243 e. The van der Waals surface area contributed by atoms with Gasteiger partial charge >= 0.3 is 0 Å². The molecular weight excluding hydrogens is 1030 g/mol. The van der Waals surface area contributed by atoms with Crippen LogP contribution in [-0.2, 0) is 28.9 Å². The van der Waals surface area contributed by atoms with Gasteiger partial charge in [0, 0.05) is 49.7 Å². The first-order valence-electron chi connectivity index (χ1n) is 29.7. The van der Waals surface area contributed by atoms with E-state index in [1.807, 2.05) is 62.4 Å². The van der Waals surface area contributed by atoms with Gasteiger partial charge in [-0.15, -0.1) is 0 Å². The highest BCUT2D eigenvalue weighted by molar-refractivity contribution is 5.98. The number of hydrogen-bond acceptors (Lipinski definition) is 13. The standard InChI is InChI=1S/C66H91N7O9/c1-39(2)25-30-66(82,72-35-42-12-6-7-13-42)40(3)11-8-17-47(38-74)51-27-29-65(60(51)79)55-24-23-49(76)32-43-14-9-15-44(31-43)33-53(54(36-71-63(68)69)45-19-21-48(75)22-20-45)57(78)37-70-59-58-46(16-10-18-52(58)61(67)73-62(59)80)34-56(77)41(4)50(55)26-28-64(65,5)81/h8-11,14-22,25,31,42,49,51,53-55,57,59-61,70,72,74-76,78-79,81-82H,3,6-7,12-13,23-24,26-30,32-38,67H2,1-2,4-5H3,(H,73,80)(H4,68,69,71). The lowest BCUT2D eigenvalue weighted by Crippen LogP contribution is -2.59. The number of carbonyl (C=O) groups is 2. The van der Waals surface area contributed by atoms with E-state index in [4.69, 9.17) is 17.2 Å². The molecule has 82 heavy (non-hydrogen) atoms. The molecule has 2 bridgehead atoms. The number of hydrogen-bond donors (Lipinski definition) is 13. The Labute approximate surface area is 484 Å². The first-order chi connectivity index (χ1) is 39.0. The van der Waals surface area contributed by atoms with E-state index in [0.717, 1.165) is 40.7 Å². The molecule has 3 aliphatic carbocycles. The number of guanidine groups is 1. The topological polar surface area (TPSA) is 302 Å². The fourth-order valence-corrected chi connectivity index (χ4v) is 14.5. The Morgan fingerprint density at radius 1 is 0.963 bits per heavy atom. The normalized spacial score (nSPS) is 29.8. The van der Waals surface area contributed by atoms with Crippen molar-refractivity contribution in [2.75, 3.05) is 26.2 Å². The summed E-state index contributed by atoms with van der Waals surface area (Å²) < 4.78 is 0. The number of aromatic hydroxyl groups is 1. The lowest BCUT2D eigenvalue weighted by Gasteiger charge is -2.56. The van der Waals surface area contributed by atoms with Gasteiger partial charge in [-0.05, 0) is 172 Å². The second kappa shape index (κ2) is 26.8. The molecule has 2 aliphatic heterocycles. The summed E-state index contributed by atoms with van der Waals surface area (Å²) in [6.07, 6.45) is 10.7. The Kier molecular flexibility index (Phi) is 20.4. The number of phenols is 1.